The molecule has 136 valence electrons. The highest BCUT2D eigenvalue weighted by Crippen LogP contribution is 2.52. The zero-order valence-corrected chi connectivity index (χ0v) is 16.2. The summed E-state index contributed by atoms with van der Waals surface area (Å²) in [7, 11) is 3.25. The maximum atomic E-state index is 12.1. The number of carbonyl (C=O) groups excluding carboxylic acids is 1. The normalized spacial score (nSPS) is 12.2. The molecule has 0 aromatic heterocycles. The first kappa shape index (κ1) is 17.5. The Bertz CT molecular complexity index is 1010. The summed E-state index contributed by atoms with van der Waals surface area (Å²) in [5, 5.41) is 0. The molecule has 5 heteroatoms. The molecule has 27 heavy (non-hydrogen) atoms. The first-order chi connectivity index (χ1) is 13.1. The number of carbonyl (C=O) groups is 1. The molecule has 0 saturated heterocycles. The van der Waals surface area contributed by atoms with Gasteiger partial charge in [0.2, 0.25) is 0 Å². The molecule has 0 bridgehead atoms. The highest BCUT2D eigenvalue weighted by Gasteiger charge is 2.27. The van der Waals surface area contributed by atoms with Gasteiger partial charge in [0.05, 0.1) is 31.2 Å². The van der Waals surface area contributed by atoms with E-state index < -0.39 is 0 Å². The highest BCUT2D eigenvalue weighted by molar-refractivity contribution is 7.99. The molecule has 3 aromatic rings. The minimum absolute atomic E-state index is 0.00916. The zero-order valence-electron chi connectivity index (χ0n) is 15.4. The standard InChI is InChI=1S/C22H19NO3S/c1-14(24)17-12-22-19(13-20(17)26-3)23(15-8-10-16(25-2)11-9-15)18-6-4-5-7-21(18)27-22/h4-13H,1-3H3. The lowest BCUT2D eigenvalue weighted by Gasteiger charge is -2.33. The van der Waals surface area contributed by atoms with E-state index in [4.69, 9.17) is 9.47 Å². The molecule has 0 spiro atoms. The fourth-order valence-electron chi connectivity index (χ4n) is 3.24. The van der Waals surface area contributed by atoms with Gasteiger partial charge in [-0.25, -0.2) is 0 Å². The number of methoxy groups -OCH3 is 2. The third-order valence-electron chi connectivity index (χ3n) is 4.56. The van der Waals surface area contributed by atoms with Crippen molar-refractivity contribution in [2.45, 2.75) is 16.7 Å². The number of rotatable bonds is 4. The summed E-state index contributed by atoms with van der Waals surface area (Å²) in [5.41, 5.74) is 3.70. The van der Waals surface area contributed by atoms with Gasteiger partial charge in [0.25, 0.3) is 0 Å². The van der Waals surface area contributed by atoms with Gasteiger partial charge in [-0.1, -0.05) is 23.9 Å². The van der Waals surface area contributed by atoms with Gasteiger partial charge >= 0.3 is 0 Å². The fraction of sp³-hybridized carbons (Fsp3) is 0.136. The van der Waals surface area contributed by atoms with Crippen LogP contribution in [0, 0.1) is 0 Å². The van der Waals surface area contributed by atoms with Crippen LogP contribution in [0.3, 0.4) is 0 Å². The number of ether oxygens (including phenoxy) is 2. The van der Waals surface area contributed by atoms with E-state index in [1.54, 1.807) is 32.9 Å². The van der Waals surface area contributed by atoms with Crippen LogP contribution in [0.5, 0.6) is 11.5 Å². The largest absolute Gasteiger partial charge is 0.497 e. The van der Waals surface area contributed by atoms with Crippen LogP contribution in [0.15, 0.2) is 70.5 Å². The number of hydrogen-bond acceptors (Lipinski definition) is 5. The second kappa shape index (κ2) is 7.00. The summed E-state index contributed by atoms with van der Waals surface area (Å²) in [6.45, 7) is 1.56. The molecule has 0 atom stereocenters. The van der Waals surface area contributed by atoms with Crippen molar-refractivity contribution in [1.29, 1.82) is 0 Å². The van der Waals surface area contributed by atoms with Gasteiger partial charge in [-0.05, 0) is 49.4 Å². The molecule has 0 saturated carbocycles. The summed E-state index contributed by atoms with van der Waals surface area (Å²) in [6.07, 6.45) is 0. The molecule has 1 heterocycles. The van der Waals surface area contributed by atoms with E-state index in [-0.39, 0.29) is 5.78 Å². The maximum Gasteiger partial charge on any atom is 0.163 e. The van der Waals surface area contributed by atoms with Crippen molar-refractivity contribution in [3.8, 4) is 11.5 Å². The van der Waals surface area contributed by atoms with Crippen LogP contribution in [0.2, 0.25) is 0 Å². The van der Waals surface area contributed by atoms with Crippen LogP contribution in [-0.2, 0) is 0 Å². The predicted octanol–water partition coefficient (Wildman–Crippen LogP) is 5.84. The van der Waals surface area contributed by atoms with Crippen molar-refractivity contribution >= 4 is 34.6 Å². The van der Waals surface area contributed by atoms with Crippen molar-refractivity contribution in [2.24, 2.45) is 0 Å². The minimum Gasteiger partial charge on any atom is -0.497 e. The summed E-state index contributed by atoms with van der Waals surface area (Å²) in [6, 6.07) is 20.1. The molecule has 4 rings (SSSR count). The summed E-state index contributed by atoms with van der Waals surface area (Å²) in [4.78, 5) is 16.4. The SMILES string of the molecule is COc1ccc(N2c3ccccc3Sc3cc(C(C)=O)c(OC)cc32)cc1. The Hall–Kier alpha value is -2.92. The number of ketones is 1. The maximum absolute atomic E-state index is 12.1. The second-order valence-corrected chi connectivity index (χ2v) is 7.26. The third-order valence-corrected chi connectivity index (χ3v) is 5.67. The van der Waals surface area contributed by atoms with Gasteiger partial charge in [-0.3, -0.25) is 4.79 Å². The molecular weight excluding hydrogens is 358 g/mol. The quantitative estimate of drug-likeness (QED) is 0.418. The smallest absolute Gasteiger partial charge is 0.163 e. The number of benzene rings is 3. The Labute approximate surface area is 162 Å². The van der Waals surface area contributed by atoms with Gasteiger partial charge in [0, 0.05) is 21.5 Å². The van der Waals surface area contributed by atoms with E-state index in [2.05, 4.69) is 17.0 Å². The zero-order chi connectivity index (χ0) is 19.0. The van der Waals surface area contributed by atoms with Gasteiger partial charge in [-0.15, -0.1) is 0 Å². The molecule has 1 aliphatic rings. The van der Waals surface area contributed by atoms with E-state index in [1.165, 1.54) is 0 Å². The fourth-order valence-corrected chi connectivity index (χ4v) is 4.31. The van der Waals surface area contributed by atoms with Gasteiger partial charge in [-0.2, -0.15) is 0 Å². The van der Waals surface area contributed by atoms with Crippen molar-refractivity contribution < 1.29 is 14.3 Å². The average Bonchev–Trinajstić information content (AvgIpc) is 2.71. The number of hydrogen-bond donors (Lipinski definition) is 0. The topological polar surface area (TPSA) is 38.8 Å². The summed E-state index contributed by atoms with van der Waals surface area (Å²) >= 11 is 1.67. The van der Waals surface area contributed by atoms with E-state index in [0.29, 0.717) is 11.3 Å². The molecule has 0 amide bonds. The van der Waals surface area contributed by atoms with Crippen molar-refractivity contribution in [3.05, 3.63) is 66.2 Å². The monoisotopic (exact) mass is 377 g/mol. The third kappa shape index (κ3) is 3.04. The van der Waals surface area contributed by atoms with Crippen LogP contribution in [-0.4, -0.2) is 20.0 Å². The first-order valence-electron chi connectivity index (χ1n) is 8.56. The molecular formula is C22H19NO3S. The van der Waals surface area contributed by atoms with Crippen molar-refractivity contribution in [1.82, 2.24) is 0 Å². The molecule has 0 N–H and O–H groups in total. The molecule has 0 aliphatic carbocycles. The molecule has 1 aliphatic heterocycles. The number of nitrogens with zero attached hydrogens (tertiary/aromatic N) is 1. The lowest BCUT2D eigenvalue weighted by molar-refractivity contribution is 0.101. The van der Waals surface area contributed by atoms with Crippen LogP contribution in [0.1, 0.15) is 17.3 Å². The predicted molar refractivity (Wildman–Crippen MR) is 108 cm³/mol. The molecule has 4 nitrogen and oxygen atoms in total. The molecule has 3 aromatic carbocycles. The Morgan fingerprint density at radius 3 is 2.30 bits per heavy atom. The number of anilines is 3. The van der Waals surface area contributed by atoms with Gasteiger partial charge in [0.1, 0.15) is 11.5 Å². The number of Topliss-reactive ketones (excluding diaryl/α,β-unsaturated/α-hetero) is 1. The Morgan fingerprint density at radius 2 is 1.63 bits per heavy atom. The minimum atomic E-state index is -0.00916. The van der Waals surface area contributed by atoms with Crippen LogP contribution >= 0.6 is 11.8 Å². The Morgan fingerprint density at radius 1 is 0.889 bits per heavy atom. The van der Waals surface area contributed by atoms with Crippen LogP contribution in [0.25, 0.3) is 0 Å². The van der Waals surface area contributed by atoms with E-state index in [0.717, 1.165) is 32.6 Å². The van der Waals surface area contributed by atoms with E-state index in [9.17, 15) is 4.79 Å². The summed E-state index contributed by atoms with van der Waals surface area (Å²) in [5.74, 6) is 1.38. The van der Waals surface area contributed by atoms with Gasteiger partial charge in [0.15, 0.2) is 5.78 Å². The Balaban J connectivity index is 1.94. The highest BCUT2D eigenvalue weighted by atomic mass is 32.2. The van der Waals surface area contributed by atoms with Crippen LogP contribution < -0.4 is 14.4 Å². The first-order valence-corrected chi connectivity index (χ1v) is 9.38. The molecule has 0 unspecified atom stereocenters. The molecule has 0 radical (unpaired) electrons. The van der Waals surface area contributed by atoms with Crippen LogP contribution in [0.4, 0.5) is 17.1 Å². The van der Waals surface area contributed by atoms with Gasteiger partial charge < -0.3 is 14.4 Å². The lowest BCUT2D eigenvalue weighted by atomic mass is 10.1. The lowest BCUT2D eigenvalue weighted by Crippen LogP contribution is -2.15. The second-order valence-electron chi connectivity index (χ2n) is 6.18. The van der Waals surface area contributed by atoms with Crippen molar-refractivity contribution in [2.75, 3.05) is 19.1 Å². The average molecular weight is 377 g/mol. The van der Waals surface area contributed by atoms with E-state index >= 15 is 0 Å². The van der Waals surface area contributed by atoms with E-state index in [1.807, 2.05) is 48.5 Å². The summed E-state index contributed by atoms with van der Waals surface area (Å²) < 4.78 is 10.8. The molecule has 0 fully saturated rings. The van der Waals surface area contributed by atoms with Crippen molar-refractivity contribution in [3.63, 3.8) is 0 Å². The number of para-hydroxylation sites is 1. The Kier molecular flexibility index (Phi) is 4.54. The number of fused-ring (bicyclic) bond motifs is 2.